The Morgan fingerprint density at radius 1 is 1.38 bits per heavy atom. The third kappa shape index (κ3) is 3.48. The van der Waals surface area contributed by atoms with E-state index in [1.54, 1.807) is 24.3 Å². The van der Waals surface area contributed by atoms with Gasteiger partial charge in [-0.15, -0.1) is 11.8 Å². The molecule has 0 radical (unpaired) electrons. The van der Waals surface area contributed by atoms with Gasteiger partial charge in [0.2, 0.25) is 0 Å². The fourth-order valence-corrected chi connectivity index (χ4v) is 2.21. The number of hydrogen-bond donors (Lipinski definition) is 4. The molecule has 7 nitrogen and oxygen atoms in total. The van der Waals surface area contributed by atoms with E-state index in [1.807, 2.05) is 6.26 Å². The summed E-state index contributed by atoms with van der Waals surface area (Å²) in [6.07, 6.45) is 2.21. The van der Waals surface area contributed by atoms with Crippen LogP contribution in [0, 0.1) is 0 Å². The van der Waals surface area contributed by atoms with Gasteiger partial charge in [-0.05, 0) is 24.5 Å². The van der Waals surface area contributed by atoms with Gasteiger partial charge in [-0.2, -0.15) is 0 Å². The fourth-order valence-electron chi connectivity index (χ4n) is 1.64. The second-order valence-corrected chi connectivity index (χ2v) is 4.85. The van der Waals surface area contributed by atoms with Crippen molar-refractivity contribution >= 4 is 35.0 Å². The molecule has 2 aromatic rings. The fraction of sp³-hybridized carbons (Fsp3) is 0.0769. The van der Waals surface area contributed by atoms with E-state index in [4.69, 9.17) is 21.3 Å². The Balaban J connectivity index is 2.29. The highest BCUT2D eigenvalue weighted by Gasteiger charge is 2.09. The van der Waals surface area contributed by atoms with E-state index in [9.17, 15) is 4.79 Å². The maximum atomic E-state index is 10.7. The van der Waals surface area contributed by atoms with Crippen LogP contribution in [-0.4, -0.2) is 22.4 Å². The summed E-state index contributed by atoms with van der Waals surface area (Å²) in [6, 6.07) is 6.58. The Bertz CT molecular complexity index is 678. The van der Waals surface area contributed by atoms with Crippen molar-refractivity contribution in [3.8, 4) is 11.5 Å². The number of carbonyl (C=O) groups is 1. The normalized spacial score (nSPS) is 10.1. The average molecular weight is 306 g/mol. The minimum atomic E-state index is -1.12. The number of pyridine rings is 1. The van der Waals surface area contributed by atoms with Crippen LogP contribution in [0.15, 0.2) is 35.4 Å². The van der Waals surface area contributed by atoms with Crippen LogP contribution in [0.1, 0.15) is 0 Å². The number of nitrogen functional groups attached to an aromatic ring is 2. The van der Waals surface area contributed by atoms with Crippen LogP contribution in [-0.2, 0) is 0 Å². The molecule has 1 aromatic carbocycles. The third-order valence-electron chi connectivity index (χ3n) is 2.62. The number of rotatable bonds is 4. The molecule has 21 heavy (non-hydrogen) atoms. The quantitative estimate of drug-likeness (QED) is 0.640. The highest BCUT2D eigenvalue weighted by Crippen LogP contribution is 2.34. The highest BCUT2D eigenvalue weighted by molar-refractivity contribution is 7.98. The first-order valence-corrected chi connectivity index (χ1v) is 7.09. The number of thioether (sulfide) groups is 1. The summed E-state index contributed by atoms with van der Waals surface area (Å²) in [5.74, 6) is 1.11. The van der Waals surface area contributed by atoms with Gasteiger partial charge in [0.1, 0.15) is 17.3 Å². The Morgan fingerprint density at radius 2 is 2.14 bits per heavy atom. The molecule has 0 bridgehead atoms. The summed E-state index contributed by atoms with van der Waals surface area (Å²) in [5, 5.41) is 11.1. The number of carboxylic acid groups (broad SMARTS) is 1. The molecular weight excluding hydrogens is 292 g/mol. The minimum Gasteiger partial charge on any atom is -0.465 e. The Kier molecular flexibility index (Phi) is 4.39. The van der Waals surface area contributed by atoms with Crippen LogP contribution >= 0.6 is 11.8 Å². The number of amides is 1. The predicted molar refractivity (Wildman–Crippen MR) is 83.0 cm³/mol. The number of benzene rings is 1. The summed E-state index contributed by atoms with van der Waals surface area (Å²) < 4.78 is 5.66. The van der Waals surface area contributed by atoms with Crippen LogP contribution in [0.5, 0.6) is 11.5 Å². The van der Waals surface area contributed by atoms with Crippen molar-refractivity contribution in [3.05, 3.63) is 30.5 Å². The van der Waals surface area contributed by atoms with Crippen LogP contribution < -0.4 is 21.5 Å². The monoisotopic (exact) mass is 306 g/mol. The lowest BCUT2D eigenvalue weighted by atomic mass is 10.3. The predicted octanol–water partition coefficient (Wildman–Crippen LogP) is 2.85. The number of ether oxygens (including phenoxy) is 1. The highest BCUT2D eigenvalue weighted by atomic mass is 32.2. The molecule has 0 atom stereocenters. The molecule has 0 saturated heterocycles. The maximum absolute atomic E-state index is 10.7. The van der Waals surface area contributed by atoms with Crippen molar-refractivity contribution in [1.82, 2.24) is 4.98 Å². The molecule has 0 spiro atoms. The Morgan fingerprint density at radius 3 is 2.81 bits per heavy atom. The molecule has 0 unspecified atom stereocenters. The zero-order valence-corrected chi connectivity index (χ0v) is 12.0. The molecule has 0 saturated carbocycles. The van der Waals surface area contributed by atoms with Crippen molar-refractivity contribution < 1.29 is 14.6 Å². The summed E-state index contributed by atoms with van der Waals surface area (Å²) in [5.41, 5.74) is 12.2. The van der Waals surface area contributed by atoms with Gasteiger partial charge in [0.25, 0.3) is 0 Å². The van der Waals surface area contributed by atoms with E-state index in [0.717, 1.165) is 4.90 Å². The van der Waals surface area contributed by atoms with Gasteiger partial charge < -0.3 is 21.3 Å². The first kappa shape index (κ1) is 14.8. The first-order valence-electron chi connectivity index (χ1n) is 5.87. The zero-order valence-electron chi connectivity index (χ0n) is 11.2. The molecule has 8 heteroatoms. The van der Waals surface area contributed by atoms with Gasteiger partial charge in [-0.3, -0.25) is 5.32 Å². The summed E-state index contributed by atoms with van der Waals surface area (Å²) in [7, 11) is 0. The van der Waals surface area contributed by atoms with Crippen molar-refractivity contribution in [2.45, 2.75) is 4.90 Å². The number of anilines is 3. The molecule has 0 aliphatic rings. The molecule has 0 aliphatic carbocycles. The number of hydrogen-bond acceptors (Lipinski definition) is 6. The van der Waals surface area contributed by atoms with E-state index < -0.39 is 6.09 Å². The molecule has 6 N–H and O–H groups in total. The maximum Gasteiger partial charge on any atom is 0.409 e. The van der Waals surface area contributed by atoms with Crippen molar-refractivity contribution in [3.63, 3.8) is 0 Å². The van der Waals surface area contributed by atoms with Crippen LogP contribution in [0.4, 0.5) is 22.0 Å². The molecule has 1 aromatic heterocycles. The van der Waals surface area contributed by atoms with E-state index in [1.165, 1.54) is 18.0 Å². The van der Waals surface area contributed by atoms with Crippen molar-refractivity contribution in [2.24, 2.45) is 0 Å². The van der Waals surface area contributed by atoms with Crippen LogP contribution in [0.3, 0.4) is 0 Å². The zero-order chi connectivity index (χ0) is 15.4. The molecule has 0 aliphatic heterocycles. The van der Waals surface area contributed by atoms with E-state index in [2.05, 4.69) is 10.3 Å². The second-order valence-electron chi connectivity index (χ2n) is 4.00. The third-order valence-corrected chi connectivity index (χ3v) is 3.40. The largest absolute Gasteiger partial charge is 0.465 e. The average Bonchev–Trinajstić information content (AvgIpc) is 2.45. The summed E-state index contributed by atoms with van der Waals surface area (Å²) in [4.78, 5) is 15.3. The number of nitrogens with one attached hydrogen (secondary N) is 1. The number of nitrogens with two attached hydrogens (primary N) is 2. The van der Waals surface area contributed by atoms with E-state index >= 15 is 0 Å². The van der Waals surface area contributed by atoms with Gasteiger partial charge in [-0.1, -0.05) is 0 Å². The molecule has 1 amide bonds. The van der Waals surface area contributed by atoms with Crippen molar-refractivity contribution in [1.29, 1.82) is 0 Å². The standard InChI is InChI=1S/C13H14N4O3S/c1-21-10-6-7(2-3-8(10)17-13(18)19)20-9-4-5-16-12(15)11(9)14/h2-6,17H,14H2,1H3,(H2,15,16)(H,18,19). The van der Waals surface area contributed by atoms with Gasteiger partial charge in [-0.25, -0.2) is 9.78 Å². The Hall–Kier alpha value is -2.61. The second kappa shape index (κ2) is 6.23. The summed E-state index contributed by atoms with van der Waals surface area (Å²) in [6.45, 7) is 0. The lowest BCUT2D eigenvalue weighted by molar-refractivity contribution is 0.209. The smallest absolute Gasteiger partial charge is 0.409 e. The molecule has 1 heterocycles. The van der Waals surface area contributed by atoms with Crippen molar-refractivity contribution in [2.75, 3.05) is 23.0 Å². The van der Waals surface area contributed by atoms with E-state index in [-0.39, 0.29) is 11.5 Å². The van der Waals surface area contributed by atoms with Gasteiger partial charge >= 0.3 is 6.09 Å². The number of nitrogens with zero attached hydrogens (tertiary/aromatic N) is 1. The lowest BCUT2D eigenvalue weighted by Gasteiger charge is -2.12. The van der Waals surface area contributed by atoms with Gasteiger partial charge in [0, 0.05) is 17.2 Å². The Labute approximate surface area is 125 Å². The van der Waals surface area contributed by atoms with Crippen LogP contribution in [0.2, 0.25) is 0 Å². The first-order chi connectivity index (χ1) is 10.0. The number of aromatic nitrogens is 1. The van der Waals surface area contributed by atoms with Crippen LogP contribution in [0.25, 0.3) is 0 Å². The van der Waals surface area contributed by atoms with Gasteiger partial charge in [0.05, 0.1) is 5.69 Å². The topological polar surface area (TPSA) is 123 Å². The summed E-state index contributed by atoms with van der Waals surface area (Å²) >= 11 is 1.40. The molecule has 0 fully saturated rings. The molecular formula is C13H14N4O3S. The molecule has 2 rings (SSSR count). The van der Waals surface area contributed by atoms with Gasteiger partial charge in [0.15, 0.2) is 5.75 Å². The minimum absolute atomic E-state index is 0.196. The van der Waals surface area contributed by atoms with E-state index in [0.29, 0.717) is 17.2 Å². The molecule has 110 valence electrons. The lowest BCUT2D eigenvalue weighted by Crippen LogP contribution is -2.08. The SMILES string of the molecule is CSc1cc(Oc2ccnc(N)c2N)ccc1NC(=O)O.